The van der Waals surface area contributed by atoms with E-state index >= 15 is 0 Å². The van der Waals surface area contributed by atoms with Gasteiger partial charge in [0.05, 0.1) is 10.5 Å². The van der Waals surface area contributed by atoms with E-state index in [9.17, 15) is 18.0 Å². The van der Waals surface area contributed by atoms with Gasteiger partial charge in [-0.1, -0.05) is 42.5 Å². The molecule has 3 aromatic rings. The van der Waals surface area contributed by atoms with Crippen LogP contribution in [0.3, 0.4) is 0 Å². The molecule has 0 saturated heterocycles. The first-order chi connectivity index (χ1) is 16.2. The first-order valence-corrected chi connectivity index (χ1v) is 12.5. The van der Waals surface area contributed by atoms with Crippen LogP contribution in [0.1, 0.15) is 34.3 Å². The molecule has 0 aliphatic heterocycles. The zero-order valence-corrected chi connectivity index (χ0v) is 19.2. The fourth-order valence-corrected chi connectivity index (χ4v) is 4.65. The fraction of sp³-hybridized carbons (Fsp3) is 0.154. The average molecular weight is 478 g/mol. The summed E-state index contributed by atoms with van der Waals surface area (Å²) in [6.07, 6.45) is 1.27. The summed E-state index contributed by atoms with van der Waals surface area (Å²) >= 11 is 0. The molecular formula is C26H23NO6S. The van der Waals surface area contributed by atoms with Gasteiger partial charge in [0.2, 0.25) is 0 Å². The zero-order chi connectivity index (χ0) is 24.3. The van der Waals surface area contributed by atoms with Crippen LogP contribution in [0.25, 0.3) is 11.1 Å². The molecule has 2 N–H and O–H groups in total. The Morgan fingerprint density at radius 3 is 2.15 bits per heavy atom. The molecule has 34 heavy (non-hydrogen) atoms. The highest BCUT2D eigenvalue weighted by atomic mass is 32.2. The van der Waals surface area contributed by atoms with Gasteiger partial charge in [-0.15, -0.1) is 0 Å². The number of sulfone groups is 1. The Hall–Kier alpha value is -3.91. The number of aromatic carboxylic acids is 1. The van der Waals surface area contributed by atoms with Gasteiger partial charge in [-0.05, 0) is 65.9 Å². The Morgan fingerprint density at radius 1 is 0.912 bits per heavy atom. The first-order valence-electron chi connectivity index (χ1n) is 10.6. The van der Waals surface area contributed by atoms with Crippen molar-refractivity contribution >= 4 is 38.7 Å². The molecule has 0 saturated carbocycles. The molecule has 1 amide bonds. The number of carbonyl (C=O) groups excluding carboxylic acids is 1. The van der Waals surface area contributed by atoms with Gasteiger partial charge in [0.25, 0.3) is 0 Å². The molecule has 174 valence electrons. The van der Waals surface area contributed by atoms with Crippen LogP contribution in [-0.4, -0.2) is 37.9 Å². The number of allylic oxidation sites excluding steroid dienone is 1. The van der Waals surface area contributed by atoms with Crippen LogP contribution in [0.15, 0.2) is 83.8 Å². The van der Waals surface area contributed by atoms with Crippen molar-refractivity contribution < 1.29 is 27.9 Å². The molecule has 0 heterocycles. The van der Waals surface area contributed by atoms with Crippen molar-refractivity contribution in [3.8, 4) is 0 Å². The maximum atomic E-state index is 12.6. The number of ether oxygens (including phenoxy) is 1. The lowest BCUT2D eigenvalue weighted by atomic mass is 9.96. The molecule has 0 bridgehead atoms. The number of hydrogen-bond donors (Lipinski definition) is 2. The smallest absolute Gasteiger partial charge is 0.412 e. The highest BCUT2D eigenvalue weighted by molar-refractivity contribution is 7.90. The summed E-state index contributed by atoms with van der Waals surface area (Å²) in [5, 5.41) is 11.7. The number of carboxylic acid groups (broad SMARTS) is 1. The lowest BCUT2D eigenvalue weighted by Gasteiger charge is -2.18. The van der Waals surface area contributed by atoms with E-state index in [0.29, 0.717) is 18.5 Å². The lowest BCUT2D eigenvalue weighted by molar-refractivity contribution is 0.0697. The van der Waals surface area contributed by atoms with E-state index in [1.54, 1.807) is 24.3 Å². The van der Waals surface area contributed by atoms with Gasteiger partial charge in [-0.25, -0.2) is 18.0 Å². The maximum Gasteiger partial charge on any atom is 0.412 e. The Bertz CT molecular complexity index is 1340. The molecule has 8 heteroatoms. The minimum Gasteiger partial charge on any atom is -0.478 e. The van der Waals surface area contributed by atoms with Crippen LogP contribution in [0, 0.1) is 0 Å². The molecule has 1 aliphatic carbocycles. The minimum atomic E-state index is -3.30. The van der Waals surface area contributed by atoms with Gasteiger partial charge in [0.1, 0.15) is 6.10 Å². The van der Waals surface area contributed by atoms with Crippen LogP contribution in [-0.2, 0) is 14.6 Å². The van der Waals surface area contributed by atoms with E-state index < -0.39 is 28.0 Å². The van der Waals surface area contributed by atoms with Gasteiger partial charge < -0.3 is 9.84 Å². The van der Waals surface area contributed by atoms with E-state index in [2.05, 4.69) is 5.32 Å². The molecule has 1 atom stereocenters. The second-order valence-corrected chi connectivity index (χ2v) is 10.0. The number of rotatable bonds is 6. The number of carbonyl (C=O) groups is 2. The number of hydrogen-bond acceptors (Lipinski definition) is 5. The Morgan fingerprint density at radius 2 is 1.56 bits per heavy atom. The highest BCUT2D eigenvalue weighted by Crippen LogP contribution is 2.41. The van der Waals surface area contributed by atoms with Crippen molar-refractivity contribution in [1.29, 1.82) is 0 Å². The lowest BCUT2D eigenvalue weighted by Crippen LogP contribution is -2.22. The molecular weight excluding hydrogens is 454 g/mol. The van der Waals surface area contributed by atoms with Crippen LogP contribution in [0.5, 0.6) is 0 Å². The van der Waals surface area contributed by atoms with E-state index in [1.165, 1.54) is 30.5 Å². The van der Waals surface area contributed by atoms with Crippen LogP contribution < -0.4 is 5.32 Å². The van der Waals surface area contributed by atoms with Gasteiger partial charge in [0, 0.05) is 17.5 Å². The first kappa shape index (κ1) is 23.3. The van der Waals surface area contributed by atoms with Crippen molar-refractivity contribution in [3.63, 3.8) is 0 Å². The third-order valence-corrected chi connectivity index (χ3v) is 6.78. The number of benzene rings is 3. The predicted molar refractivity (Wildman–Crippen MR) is 129 cm³/mol. The van der Waals surface area contributed by atoms with E-state index in [1.807, 2.05) is 30.3 Å². The van der Waals surface area contributed by atoms with Crippen LogP contribution in [0.4, 0.5) is 10.5 Å². The van der Waals surface area contributed by atoms with Crippen molar-refractivity contribution in [2.75, 3.05) is 11.6 Å². The molecule has 0 fully saturated rings. The quantitative estimate of drug-likeness (QED) is 0.511. The predicted octanol–water partition coefficient (Wildman–Crippen LogP) is 5.11. The summed E-state index contributed by atoms with van der Waals surface area (Å²) in [6.45, 7) is 0. The highest BCUT2D eigenvalue weighted by Gasteiger charge is 2.30. The third-order valence-electron chi connectivity index (χ3n) is 5.65. The molecule has 1 unspecified atom stereocenters. The summed E-state index contributed by atoms with van der Waals surface area (Å²) < 4.78 is 29.4. The van der Waals surface area contributed by atoms with Crippen molar-refractivity contribution in [2.24, 2.45) is 0 Å². The summed E-state index contributed by atoms with van der Waals surface area (Å²) in [5.41, 5.74) is 4.22. The normalized spacial score (nSPS) is 15.7. The summed E-state index contributed by atoms with van der Waals surface area (Å²) in [7, 11) is -3.30. The molecule has 3 aromatic carbocycles. The second kappa shape index (κ2) is 9.52. The third kappa shape index (κ3) is 5.18. The average Bonchev–Trinajstić information content (AvgIpc) is 3.22. The number of amides is 1. The van der Waals surface area contributed by atoms with Crippen molar-refractivity contribution in [3.05, 3.63) is 95.6 Å². The fourth-order valence-electron chi connectivity index (χ4n) is 4.02. The van der Waals surface area contributed by atoms with Gasteiger partial charge in [0.15, 0.2) is 9.84 Å². The number of anilines is 1. The van der Waals surface area contributed by atoms with E-state index in [0.717, 1.165) is 22.3 Å². The molecule has 0 spiro atoms. The van der Waals surface area contributed by atoms with Gasteiger partial charge in [-0.2, -0.15) is 0 Å². The Labute approximate surface area is 197 Å². The largest absolute Gasteiger partial charge is 0.478 e. The van der Waals surface area contributed by atoms with Crippen LogP contribution >= 0.6 is 0 Å². The van der Waals surface area contributed by atoms with Crippen LogP contribution in [0.2, 0.25) is 0 Å². The maximum absolute atomic E-state index is 12.6. The summed E-state index contributed by atoms with van der Waals surface area (Å²) in [4.78, 5) is 23.9. The zero-order valence-electron chi connectivity index (χ0n) is 18.4. The minimum absolute atomic E-state index is 0.121. The topological polar surface area (TPSA) is 110 Å². The Kier molecular flexibility index (Phi) is 6.51. The molecule has 0 aromatic heterocycles. The Balaban J connectivity index is 1.60. The standard InChI is InChI=1S/C26H23NO6S/c1-34(31,32)21-13-9-17(10-14-21)22-15-16-23(24(22)18-5-3-2-4-6-18)33-26(30)27-20-11-7-19(8-12-20)25(28)29/h2-14,23H,15-16H2,1H3,(H,27,30)(H,28,29). The number of carboxylic acids is 1. The number of nitrogens with one attached hydrogen (secondary N) is 1. The monoisotopic (exact) mass is 477 g/mol. The molecule has 0 radical (unpaired) electrons. The summed E-state index contributed by atoms with van der Waals surface area (Å²) in [5.74, 6) is -1.05. The van der Waals surface area contributed by atoms with Crippen molar-refractivity contribution in [2.45, 2.75) is 23.8 Å². The second-order valence-electron chi connectivity index (χ2n) is 7.99. The molecule has 7 nitrogen and oxygen atoms in total. The molecule has 4 rings (SSSR count). The van der Waals surface area contributed by atoms with E-state index in [4.69, 9.17) is 9.84 Å². The summed E-state index contributed by atoms with van der Waals surface area (Å²) in [6, 6.07) is 22.2. The van der Waals surface area contributed by atoms with E-state index in [-0.39, 0.29) is 10.5 Å². The van der Waals surface area contributed by atoms with Crippen molar-refractivity contribution in [1.82, 2.24) is 0 Å². The van der Waals surface area contributed by atoms with Gasteiger partial charge >= 0.3 is 12.1 Å². The van der Waals surface area contributed by atoms with Gasteiger partial charge in [-0.3, -0.25) is 5.32 Å². The SMILES string of the molecule is CS(=O)(=O)c1ccc(C2=C(c3ccccc3)C(OC(=O)Nc3ccc(C(=O)O)cc3)CC2)cc1. The molecule has 1 aliphatic rings.